The summed E-state index contributed by atoms with van der Waals surface area (Å²) in [4.78, 5) is 17.2. The third-order valence-electron chi connectivity index (χ3n) is 4.50. The first-order valence-corrected chi connectivity index (χ1v) is 8.68. The molecule has 0 aliphatic carbocycles. The number of aliphatic hydroxyl groups excluding tert-OH is 1. The van der Waals surface area contributed by atoms with Crippen LogP contribution in [0.25, 0.3) is 17.9 Å². The lowest BCUT2D eigenvalue weighted by molar-refractivity contribution is 0.498. The maximum atomic E-state index is 10.1. The Bertz CT molecular complexity index is 1260. The Morgan fingerprint density at radius 3 is 1.81 bits per heavy atom. The topological polar surface area (TPSA) is 73.1 Å². The number of rotatable bonds is 0. The molecule has 27 heavy (non-hydrogen) atoms. The number of nitrogens with zero attached hydrogens (tertiary/aromatic N) is 3. The molecule has 0 unspecified atom stereocenters. The van der Waals surface area contributed by atoms with Gasteiger partial charge in [-0.05, 0) is 73.8 Å². The number of aromatic nitrogens is 1. The van der Waals surface area contributed by atoms with Gasteiger partial charge in [-0.3, -0.25) is 0 Å². The van der Waals surface area contributed by atoms with Gasteiger partial charge in [0, 0.05) is 10.9 Å². The van der Waals surface area contributed by atoms with E-state index in [4.69, 9.17) is 0 Å². The molecule has 0 fully saturated rings. The molecule has 1 aromatic rings. The number of allylic oxidation sites excluding steroid dienone is 8. The van der Waals surface area contributed by atoms with Gasteiger partial charge in [0.1, 0.15) is 0 Å². The van der Waals surface area contributed by atoms with Crippen molar-refractivity contribution < 1.29 is 5.11 Å². The molecule has 0 spiro atoms. The van der Waals surface area contributed by atoms with Crippen LogP contribution >= 0.6 is 0 Å². The summed E-state index contributed by atoms with van der Waals surface area (Å²) >= 11 is 0. The zero-order chi connectivity index (χ0) is 18.4. The Hall–Kier alpha value is -3.73. The van der Waals surface area contributed by atoms with E-state index in [1.54, 1.807) is 6.92 Å². The average Bonchev–Trinajstić information content (AvgIpc) is 3.38. The van der Waals surface area contributed by atoms with Gasteiger partial charge in [0.25, 0.3) is 0 Å². The van der Waals surface area contributed by atoms with Crippen molar-refractivity contribution in [3.63, 3.8) is 0 Å². The Labute approximate surface area is 155 Å². The molecule has 8 bridgehead atoms. The minimum absolute atomic E-state index is 0.256. The Balaban J connectivity index is 1.75. The number of aromatic amines is 1. The molecule has 130 valence electrons. The van der Waals surface area contributed by atoms with Crippen LogP contribution < -0.4 is 10.6 Å². The Kier molecular flexibility index (Phi) is 3.40. The fourth-order valence-electron chi connectivity index (χ4n) is 3.26. The van der Waals surface area contributed by atoms with Crippen LogP contribution in [0, 0.1) is 0 Å². The van der Waals surface area contributed by atoms with Crippen LogP contribution in [0.5, 0.6) is 0 Å². The van der Waals surface area contributed by atoms with Crippen LogP contribution in [-0.2, 0) is 0 Å². The van der Waals surface area contributed by atoms with Gasteiger partial charge in [0.15, 0.2) is 0 Å². The fraction of sp³-hybridized carbons (Fsp3) is 0.0455. The highest BCUT2D eigenvalue weighted by Gasteiger charge is 2.10. The van der Waals surface area contributed by atoms with E-state index in [2.05, 4.69) is 20.0 Å². The van der Waals surface area contributed by atoms with E-state index in [-0.39, 0.29) is 5.76 Å². The quantitative estimate of drug-likeness (QED) is 0.740. The predicted octanol–water partition coefficient (Wildman–Crippen LogP) is 2.64. The third-order valence-corrected chi connectivity index (χ3v) is 4.50. The van der Waals surface area contributed by atoms with Crippen LogP contribution in [0.2, 0.25) is 0 Å². The fourth-order valence-corrected chi connectivity index (χ4v) is 3.26. The molecule has 0 saturated carbocycles. The summed E-state index contributed by atoms with van der Waals surface area (Å²) in [5.74, 6) is 0.256. The monoisotopic (exact) mass is 352 g/mol. The molecule has 4 aliphatic rings. The molecule has 5 heterocycles. The number of nitrogens with one attached hydrogen (secondary N) is 1. The molecule has 5 heteroatoms. The van der Waals surface area contributed by atoms with E-state index in [9.17, 15) is 5.11 Å². The van der Waals surface area contributed by atoms with Gasteiger partial charge in [-0.1, -0.05) is 0 Å². The van der Waals surface area contributed by atoms with E-state index in [0.29, 0.717) is 0 Å². The molecule has 0 saturated heterocycles. The van der Waals surface area contributed by atoms with Gasteiger partial charge >= 0.3 is 0 Å². The Morgan fingerprint density at radius 1 is 0.741 bits per heavy atom. The summed E-state index contributed by atoms with van der Waals surface area (Å²) in [6, 6.07) is 1.91. The van der Waals surface area contributed by atoms with E-state index >= 15 is 0 Å². The second-order valence-corrected chi connectivity index (χ2v) is 6.60. The molecule has 0 radical (unpaired) electrons. The summed E-state index contributed by atoms with van der Waals surface area (Å²) in [7, 11) is 0. The maximum Gasteiger partial charge on any atom is 0.0985 e. The molecule has 1 aromatic heterocycles. The van der Waals surface area contributed by atoms with Crippen molar-refractivity contribution >= 4 is 35.0 Å². The molecule has 0 atom stereocenters. The number of aliphatic imine (C=N–C) groups is 3. The lowest BCUT2D eigenvalue weighted by Gasteiger charge is -1.93. The summed E-state index contributed by atoms with van der Waals surface area (Å²) in [6.45, 7) is 1.68. The second-order valence-electron chi connectivity index (χ2n) is 6.60. The highest BCUT2D eigenvalue weighted by Crippen LogP contribution is 2.18. The van der Waals surface area contributed by atoms with Gasteiger partial charge in [-0.15, -0.1) is 0 Å². The van der Waals surface area contributed by atoms with Gasteiger partial charge in [-0.25, -0.2) is 15.0 Å². The average molecular weight is 352 g/mol. The molecular formula is C22H16N4O. The van der Waals surface area contributed by atoms with E-state index < -0.39 is 0 Å². The molecule has 0 aromatic carbocycles. The van der Waals surface area contributed by atoms with E-state index in [0.717, 1.165) is 50.5 Å². The summed E-state index contributed by atoms with van der Waals surface area (Å²) in [6.07, 6.45) is 19.6. The highest BCUT2D eigenvalue weighted by atomic mass is 16.3. The summed E-state index contributed by atoms with van der Waals surface area (Å²) in [5, 5.41) is 11.6. The SMILES string of the molecule is C/C(O)=c1/cc2[nH]c1=CC1=NC(=CC3=NC(=CC4=NC(=C2)C=C4)C=C3)C=C1. The number of aliphatic hydroxyl groups is 1. The minimum Gasteiger partial charge on any atom is -0.512 e. The van der Waals surface area contributed by atoms with Crippen LogP contribution in [0.4, 0.5) is 0 Å². The van der Waals surface area contributed by atoms with E-state index in [1.807, 2.05) is 66.8 Å². The van der Waals surface area contributed by atoms with Crippen LogP contribution in [0.3, 0.4) is 0 Å². The smallest absolute Gasteiger partial charge is 0.0985 e. The van der Waals surface area contributed by atoms with Crippen molar-refractivity contribution in [1.82, 2.24) is 4.98 Å². The lowest BCUT2D eigenvalue weighted by atomic mass is 10.2. The molecule has 0 amide bonds. The first kappa shape index (κ1) is 15.5. The lowest BCUT2D eigenvalue weighted by Crippen LogP contribution is -2.25. The second kappa shape index (κ2) is 5.92. The maximum absolute atomic E-state index is 10.1. The van der Waals surface area contributed by atoms with Crippen molar-refractivity contribution in [2.45, 2.75) is 6.92 Å². The van der Waals surface area contributed by atoms with Crippen LogP contribution in [-0.4, -0.2) is 27.2 Å². The first-order valence-electron chi connectivity index (χ1n) is 8.68. The first-order chi connectivity index (χ1) is 13.1. The normalized spacial score (nSPS) is 20.5. The number of H-pyrrole nitrogens is 1. The minimum atomic E-state index is 0.256. The molecule has 4 aliphatic heterocycles. The number of hydrogen-bond donors (Lipinski definition) is 2. The van der Waals surface area contributed by atoms with Crippen molar-refractivity contribution in [2.75, 3.05) is 0 Å². The zero-order valence-corrected chi connectivity index (χ0v) is 14.6. The van der Waals surface area contributed by atoms with Gasteiger partial charge in [0.2, 0.25) is 0 Å². The third kappa shape index (κ3) is 3.00. The van der Waals surface area contributed by atoms with Crippen molar-refractivity contribution in [1.29, 1.82) is 0 Å². The predicted molar refractivity (Wildman–Crippen MR) is 110 cm³/mol. The van der Waals surface area contributed by atoms with Crippen molar-refractivity contribution in [3.8, 4) is 0 Å². The van der Waals surface area contributed by atoms with Crippen molar-refractivity contribution in [2.24, 2.45) is 15.0 Å². The molecule has 5 rings (SSSR count). The number of hydrogen-bond acceptors (Lipinski definition) is 4. The summed E-state index contributed by atoms with van der Waals surface area (Å²) < 4.78 is 0. The molecule has 2 N–H and O–H groups in total. The van der Waals surface area contributed by atoms with Gasteiger partial charge in [-0.2, -0.15) is 0 Å². The number of fused-ring (bicyclic) bond motifs is 5. The van der Waals surface area contributed by atoms with E-state index in [1.165, 1.54) is 0 Å². The molecule has 5 nitrogen and oxygen atoms in total. The van der Waals surface area contributed by atoms with Crippen LogP contribution in [0.15, 0.2) is 86.7 Å². The highest BCUT2D eigenvalue weighted by molar-refractivity contribution is 6.20. The van der Waals surface area contributed by atoms with Gasteiger partial charge in [0.05, 0.1) is 45.3 Å². The summed E-state index contributed by atoms with van der Waals surface area (Å²) in [5.41, 5.74) is 5.96. The van der Waals surface area contributed by atoms with Crippen LogP contribution in [0.1, 0.15) is 12.6 Å². The largest absolute Gasteiger partial charge is 0.512 e. The zero-order valence-electron chi connectivity index (χ0n) is 14.6. The van der Waals surface area contributed by atoms with Gasteiger partial charge < -0.3 is 10.1 Å². The standard InChI is InChI=1S/C22H16N4O/c1-13(27)21-11-20-10-18-5-4-16(24-18)8-14-2-3-15(23-14)9-17-6-7-19(25-17)12-22(21)26-20/h2-12,26-27H,1H3/b14-8?,17-9?,18-10?,21-13+,22-12?. The Morgan fingerprint density at radius 2 is 1.26 bits per heavy atom. The molecular weight excluding hydrogens is 336 g/mol. The van der Waals surface area contributed by atoms with Crippen molar-refractivity contribution in [3.05, 3.63) is 88.0 Å².